The van der Waals surface area contributed by atoms with Crippen molar-refractivity contribution in [1.82, 2.24) is 10.1 Å². The van der Waals surface area contributed by atoms with Gasteiger partial charge in [-0.25, -0.2) is 13.2 Å². The van der Waals surface area contributed by atoms with E-state index in [9.17, 15) is 26.3 Å². The molecule has 0 amide bonds. The number of hydrogen-bond acceptors (Lipinski definition) is 4. The predicted molar refractivity (Wildman–Crippen MR) is 57.2 cm³/mol. The lowest BCUT2D eigenvalue weighted by Crippen LogP contribution is -2.47. The highest BCUT2D eigenvalue weighted by Crippen LogP contribution is 2.36. The molecule has 0 radical (unpaired) electrons. The predicted octanol–water partition coefficient (Wildman–Crippen LogP) is 2.89. The molecule has 114 valence electrons. The lowest BCUT2D eigenvalue weighted by Gasteiger charge is -2.22. The number of alkyl halides is 3. The number of nitrogens with zero attached hydrogens (tertiary/aromatic N) is 2. The van der Waals surface area contributed by atoms with Gasteiger partial charge in [-0.3, -0.25) is 0 Å². The third-order valence-corrected chi connectivity index (χ3v) is 2.70. The van der Waals surface area contributed by atoms with Crippen LogP contribution in [-0.2, 0) is 5.54 Å². The van der Waals surface area contributed by atoms with Gasteiger partial charge in [0.1, 0.15) is 0 Å². The van der Waals surface area contributed by atoms with Gasteiger partial charge in [-0.1, -0.05) is 5.16 Å². The van der Waals surface area contributed by atoms with Crippen LogP contribution < -0.4 is 5.73 Å². The largest absolute Gasteiger partial charge is 0.415 e. The van der Waals surface area contributed by atoms with Gasteiger partial charge in [0.25, 0.3) is 5.89 Å². The van der Waals surface area contributed by atoms with E-state index >= 15 is 0 Å². The van der Waals surface area contributed by atoms with Gasteiger partial charge in [0.05, 0.1) is 0 Å². The van der Waals surface area contributed by atoms with E-state index in [1.165, 1.54) is 0 Å². The van der Waals surface area contributed by atoms with E-state index in [4.69, 9.17) is 5.73 Å². The molecular formula is C11H7F6N3O. The van der Waals surface area contributed by atoms with E-state index in [2.05, 4.69) is 14.7 Å². The molecule has 0 saturated heterocycles. The normalized spacial score (nSPS) is 15.0. The Morgan fingerprint density at radius 2 is 1.62 bits per heavy atom. The zero-order valence-electron chi connectivity index (χ0n) is 10.3. The standard InChI is InChI=1S/C11H7F6N3O/c1-10(18,11(15,16)17)9-19-8(20-21-9)4-2-5(12)7(14)6(13)3-4/h2-3H,18H2,1H3. The van der Waals surface area contributed by atoms with Crippen LogP contribution in [0.3, 0.4) is 0 Å². The van der Waals surface area contributed by atoms with Crippen molar-refractivity contribution in [3.05, 3.63) is 35.5 Å². The zero-order chi connectivity index (χ0) is 16.0. The molecule has 0 saturated carbocycles. The summed E-state index contributed by atoms with van der Waals surface area (Å²) in [6, 6.07) is 1.04. The molecule has 0 aliphatic rings. The van der Waals surface area contributed by atoms with Gasteiger partial charge in [-0.05, 0) is 19.1 Å². The van der Waals surface area contributed by atoms with Crippen LogP contribution in [0.2, 0.25) is 0 Å². The van der Waals surface area contributed by atoms with Crippen LogP contribution >= 0.6 is 0 Å². The van der Waals surface area contributed by atoms with Gasteiger partial charge in [0.15, 0.2) is 23.0 Å². The van der Waals surface area contributed by atoms with Crippen molar-refractivity contribution in [2.75, 3.05) is 0 Å². The van der Waals surface area contributed by atoms with Crippen molar-refractivity contribution in [2.24, 2.45) is 5.73 Å². The van der Waals surface area contributed by atoms with Crippen LogP contribution in [0.25, 0.3) is 11.4 Å². The van der Waals surface area contributed by atoms with Crippen molar-refractivity contribution >= 4 is 0 Å². The highest BCUT2D eigenvalue weighted by molar-refractivity contribution is 5.54. The van der Waals surface area contributed by atoms with Gasteiger partial charge in [-0.15, -0.1) is 0 Å². The molecule has 2 rings (SSSR count). The summed E-state index contributed by atoms with van der Waals surface area (Å²) in [7, 11) is 0. The molecule has 2 aromatic rings. The second kappa shape index (κ2) is 4.72. The quantitative estimate of drug-likeness (QED) is 0.684. The first-order valence-electron chi connectivity index (χ1n) is 5.38. The molecule has 0 fully saturated rings. The van der Waals surface area contributed by atoms with Crippen LogP contribution in [-0.4, -0.2) is 16.3 Å². The van der Waals surface area contributed by atoms with Crippen molar-refractivity contribution in [1.29, 1.82) is 0 Å². The van der Waals surface area contributed by atoms with Crippen LogP contribution in [0.4, 0.5) is 26.3 Å². The van der Waals surface area contributed by atoms with Crippen LogP contribution in [0.5, 0.6) is 0 Å². The van der Waals surface area contributed by atoms with E-state index in [1.807, 2.05) is 0 Å². The molecule has 0 bridgehead atoms. The molecule has 1 heterocycles. The second-order valence-corrected chi connectivity index (χ2v) is 4.38. The lowest BCUT2D eigenvalue weighted by molar-refractivity contribution is -0.190. The molecule has 1 unspecified atom stereocenters. The van der Waals surface area contributed by atoms with E-state index in [0.717, 1.165) is 0 Å². The summed E-state index contributed by atoms with van der Waals surface area (Å²) in [5.74, 6) is -6.34. The molecule has 4 nitrogen and oxygen atoms in total. The zero-order valence-corrected chi connectivity index (χ0v) is 10.3. The van der Waals surface area contributed by atoms with E-state index in [0.29, 0.717) is 19.1 Å². The van der Waals surface area contributed by atoms with Crippen molar-refractivity contribution in [3.8, 4) is 11.4 Å². The minimum absolute atomic E-state index is 0.389. The maximum Gasteiger partial charge on any atom is 0.415 e. The maximum atomic E-state index is 13.0. The summed E-state index contributed by atoms with van der Waals surface area (Å²) < 4.78 is 81.3. The Morgan fingerprint density at radius 3 is 2.10 bits per heavy atom. The summed E-state index contributed by atoms with van der Waals surface area (Å²) in [6.07, 6.45) is -4.88. The Morgan fingerprint density at radius 1 is 1.10 bits per heavy atom. The number of benzene rings is 1. The molecule has 0 aliphatic carbocycles. The molecule has 10 heteroatoms. The Kier molecular flexibility index (Phi) is 3.44. The Hall–Kier alpha value is -2.10. The Bertz CT molecular complexity index is 656. The van der Waals surface area contributed by atoms with Crippen LogP contribution in [0.1, 0.15) is 12.8 Å². The Balaban J connectivity index is 2.46. The summed E-state index contributed by atoms with van der Waals surface area (Å²) >= 11 is 0. The topological polar surface area (TPSA) is 64.9 Å². The Labute approximate surface area is 113 Å². The van der Waals surface area contributed by atoms with Crippen molar-refractivity contribution in [3.63, 3.8) is 0 Å². The summed E-state index contributed by atoms with van der Waals surface area (Å²) in [5.41, 5.74) is 1.74. The highest BCUT2D eigenvalue weighted by atomic mass is 19.4. The fourth-order valence-corrected chi connectivity index (χ4v) is 1.36. The van der Waals surface area contributed by atoms with Crippen LogP contribution in [0, 0.1) is 17.5 Å². The van der Waals surface area contributed by atoms with E-state index in [-0.39, 0.29) is 5.56 Å². The number of halogens is 6. The lowest BCUT2D eigenvalue weighted by atomic mass is 10.0. The monoisotopic (exact) mass is 311 g/mol. The third-order valence-electron chi connectivity index (χ3n) is 2.70. The number of hydrogen-bond donors (Lipinski definition) is 1. The van der Waals surface area contributed by atoms with Gasteiger partial charge >= 0.3 is 6.18 Å². The SMILES string of the molecule is CC(N)(c1nc(-c2cc(F)c(F)c(F)c2)no1)C(F)(F)F. The average Bonchev–Trinajstić information content (AvgIpc) is 2.84. The molecular weight excluding hydrogens is 304 g/mol. The maximum absolute atomic E-state index is 13.0. The summed E-state index contributed by atoms with van der Waals surface area (Å²) in [5, 5.41) is 3.16. The second-order valence-electron chi connectivity index (χ2n) is 4.38. The smallest absolute Gasteiger partial charge is 0.337 e. The fraction of sp³-hybridized carbons (Fsp3) is 0.273. The molecule has 1 atom stereocenters. The first-order chi connectivity index (χ1) is 9.54. The number of aromatic nitrogens is 2. The average molecular weight is 311 g/mol. The van der Waals surface area contributed by atoms with Crippen LogP contribution in [0.15, 0.2) is 16.7 Å². The number of rotatable bonds is 2. The molecule has 0 aliphatic heterocycles. The molecule has 2 N–H and O–H groups in total. The van der Waals surface area contributed by atoms with Gasteiger partial charge in [0, 0.05) is 5.56 Å². The third kappa shape index (κ3) is 2.58. The highest BCUT2D eigenvalue weighted by Gasteiger charge is 2.53. The van der Waals surface area contributed by atoms with Gasteiger partial charge < -0.3 is 10.3 Å². The molecule has 1 aromatic heterocycles. The minimum atomic E-state index is -4.88. The van der Waals surface area contributed by atoms with E-state index in [1.54, 1.807) is 0 Å². The van der Waals surface area contributed by atoms with Gasteiger partial charge in [-0.2, -0.15) is 18.2 Å². The summed E-state index contributed by atoms with van der Waals surface area (Å²) in [6.45, 7) is 0.593. The summed E-state index contributed by atoms with van der Waals surface area (Å²) in [4.78, 5) is 3.35. The first kappa shape index (κ1) is 15.3. The minimum Gasteiger partial charge on any atom is -0.337 e. The fourth-order valence-electron chi connectivity index (χ4n) is 1.36. The van der Waals surface area contributed by atoms with Crippen molar-refractivity contribution < 1.29 is 30.9 Å². The van der Waals surface area contributed by atoms with Crippen molar-refractivity contribution in [2.45, 2.75) is 18.6 Å². The van der Waals surface area contributed by atoms with E-state index < -0.39 is 40.9 Å². The van der Waals surface area contributed by atoms with Gasteiger partial charge in [0.2, 0.25) is 5.82 Å². The molecule has 0 spiro atoms. The first-order valence-corrected chi connectivity index (χ1v) is 5.38. The molecule has 1 aromatic carbocycles. The molecule has 21 heavy (non-hydrogen) atoms. The number of nitrogens with two attached hydrogens (primary N) is 1.